The number of carbonyl (C=O) groups excluding carboxylic acids is 2. The second kappa shape index (κ2) is 8.36. The molecule has 130 valence electrons. The molecule has 0 aliphatic rings. The number of carbonyl (C=O) groups is 1. The van der Waals surface area contributed by atoms with Crippen molar-refractivity contribution in [2.24, 2.45) is 4.99 Å². The number of esters is 1. The highest BCUT2D eigenvalue weighted by Crippen LogP contribution is 2.30. The maximum absolute atomic E-state index is 12.2. The van der Waals surface area contributed by atoms with Crippen LogP contribution in [0, 0.1) is 10.1 Å². The average molecular weight is 334 g/mol. The molecule has 7 nitrogen and oxygen atoms in total. The summed E-state index contributed by atoms with van der Waals surface area (Å²) in [5, 5.41) is 11.3. The van der Waals surface area contributed by atoms with E-state index in [0.29, 0.717) is 12.0 Å². The number of nitro benzene ring substituents is 1. The lowest BCUT2D eigenvalue weighted by molar-refractivity contribution is -0.385. The van der Waals surface area contributed by atoms with E-state index in [2.05, 4.69) is 4.99 Å². The molecule has 0 aromatic heterocycles. The summed E-state index contributed by atoms with van der Waals surface area (Å²) in [7, 11) is 0. The van der Waals surface area contributed by atoms with E-state index in [1.54, 1.807) is 26.8 Å². The molecule has 0 aliphatic carbocycles. The normalized spacial score (nSPS) is 12.2. The Balaban J connectivity index is 3.25. The van der Waals surface area contributed by atoms with Gasteiger partial charge in [0.1, 0.15) is 11.2 Å². The number of hydrogen-bond acceptors (Lipinski definition) is 6. The van der Waals surface area contributed by atoms with Crippen molar-refractivity contribution in [1.29, 1.82) is 0 Å². The Bertz CT molecular complexity index is 657. The zero-order valence-electron chi connectivity index (χ0n) is 14.4. The molecule has 0 N–H and O–H groups in total. The number of ether oxygens (including phenoxy) is 1. The van der Waals surface area contributed by atoms with Crippen LogP contribution in [-0.4, -0.2) is 22.6 Å². The Morgan fingerprint density at radius 3 is 2.58 bits per heavy atom. The minimum absolute atomic E-state index is 0.122. The standard InChI is InChI=1S/C17H22N2O5/c1-5-6-7-14(18-11-20)12-8-9-13(15(10-12)19(22)23)16(21)24-17(2,3)4/h8-10,14H,5-7H2,1-4H3. The van der Waals surface area contributed by atoms with Crippen molar-refractivity contribution < 1.29 is 19.2 Å². The monoisotopic (exact) mass is 334 g/mol. The molecule has 0 heterocycles. The van der Waals surface area contributed by atoms with E-state index in [0.717, 1.165) is 12.8 Å². The molecule has 0 saturated heterocycles. The van der Waals surface area contributed by atoms with Crippen LogP contribution < -0.4 is 0 Å². The van der Waals surface area contributed by atoms with Crippen molar-refractivity contribution in [3.63, 3.8) is 0 Å². The highest BCUT2D eigenvalue weighted by atomic mass is 16.6. The first-order chi connectivity index (χ1) is 11.2. The molecule has 24 heavy (non-hydrogen) atoms. The largest absolute Gasteiger partial charge is 0.456 e. The fourth-order valence-electron chi connectivity index (χ4n) is 2.18. The van der Waals surface area contributed by atoms with Crippen molar-refractivity contribution in [3.8, 4) is 0 Å². The topological polar surface area (TPSA) is 98.9 Å². The molecule has 0 radical (unpaired) electrons. The summed E-state index contributed by atoms with van der Waals surface area (Å²) >= 11 is 0. The van der Waals surface area contributed by atoms with E-state index in [9.17, 15) is 19.7 Å². The molecule has 1 atom stereocenters. The number of unbranched alkanes of at least 4 members (excludes halogenated alkanes) is 1. The molecular formula is C17H22N2O5. The lowest BCUT2D eigenvalue weighted by atomic mass is 9.99. The van der Waals surface area contributed by atoms with Crippen molar-refractivity contribution in [2.45, 2.75) is 58.6 Å². The van der Waals surface area contributed by atoms with Gasteiger partial charge in [-0.05, 0) is 38.8 Å². The second-order valence-electron chi connectivity index (χ2n) is 6.41. The molecule has 7 heteroatoms. The smallest absolute Gasteiger partial charge is 0.345 e. The van der Waals surface area contributed by atoms with Crippen LogP contribution in [0.4, 0.5) is 5.69 Å². The zero-order valence-corrected chi connectivity index (χ0v) is 14.4. The van der Waals surface area contributed by atoms with Crippen molar-refractivity contribution in [3.05, 3.63) is 39.4 Å². The Labute approximate surface area is 140 Å². The SMILES string of the molecule is CCCCC(N=C=O)c1ccc(C(=O)OC(C)(C)C)c([N+](=O)[O-])c1. The summed E-state index contributed by atoms with van der Waals surface area (Å²) in [4.78, 5) is 37.2. The van der Waals surface area contributed by atoms with Crippen molar-refractivity contribution in [2.75, 3.05) is 0 Å². The first-order valence-corrected chi connectivity index (χ1v) is 7.78. The summed E-state index contributed by atoms with van der Waals surface area (Å²) in [5.74, 6) is -0.759. The lowest BCUT2D eigenvalue weighted by Crippen LogP contribution is -2.24. The lowest BCUT2D eigenvalue weighted by Gasteiger charge is -2.19. The number of nitrogens with zero attached hydrogens (tertiary/aromatic N) is 2. The third-order valence-electron chi connectivity index (χ3n) is 3.26. The first-order valence-electron chi connectivity index (χ1n) is 7.78. The van der Waals surface area contributed by atoms with Gasteiger partial charge in [0.05, 0.1) is 11.0 Å². The van der Waals surface area contributed by atoms with Gasteiger partial charge in [-0.1, -0.05) is 25.8 Å². The van der Waals surface area contributed by atoms with Gasteiger partial charge >= 0.3 is 5.97 Å². The first kappa shape index (κ1) is 19.5. The van der Waals surface area contributed by atoms with Crippen LogP contribution in [0.3, 0.4) is 0 Å². The van der Waals surface area contributed by atoms with Crippen LogP contribution in [0.15, 0.2) is 23.2 Å². The molecule has 1 unspecified atom stereocenters. The van der Waals surface area contributed by atoms with Crippen molar-refractivity contribution in [1.82, 2.24) is 0 Å². The Hall–Kier alpha value is -2.53. The van der Waals surface area contributed by atoms with Crippen LogP contribution >= 0.6 is 0 Å². The molecule has 1 aromatic rings. The Kier molecular flexibility index (Phi) is 6.80. The van der Waals surface area contributed by atoms with Crippen LogP contribution in [0.5, 0.6) is 0 Å². The van der Waals surface area contributed by atoms with Gasteiger partial charge in [0.15, 0.2) is 0 Å². The highest BCUT2D eigenvalue weighted by Gasteiger charge is 2.27. The van der Waals surface area contributed by atoms with E-state index < -0.39 is 22.5 Å². The number of isocyanates is 1. The van der Waals surface area contributed by atoms with Gasteiger partial charge in [-0.3, -0.25) is 10.1 Å². The minimum Gasteiger partial charge on any atom is -0.456 e. The van der Waals surface area contributed by atoms with Crippen LogP contribution in [0.2, 0.25) is 0 Å². The summed E-state index contributed by atoms with van der Waals surface area (Å²) in [6.07, 6.45) is 3.81. The van der Waals surface area contributed by atoms with E-state index in [1.807, 2.05) is 6.92 Å². The molecule has 1 aromatic carbocycles. The van der Waals surface area contributed by atoms with Crippen LogP contribution in [0.1, 0.15) is 68.9 Å². The maximum atomic E-state index is 12.2. The molecule has 0 amide bonds. The van der Waals surface area contributed by atoms with Gasteiger partial charge in [-0.2, -0.15) is 4.99 Å². The van der Waals surface area contributed by atoms with E-state index in [4.69, 9.17) is 4.74 Å². The van der Waals surface area contributed by atoms with E-state index >= 15 is 0 Å². The molecule has 0 fully saturated rings. The van der Waals surface area contributed by atoms with Gasteiger partial charge in [0.25, 0.3) is 5.69 Å². The predicted octanol–water partition coefficient (Wildman–Crippen LogP) is 4.12. The number of rotatable bonds is 7. The van der Waals surface area contributed by atoms with Gasteiger partial charge in [-0.15, -0.1) is 0 Å². The maximum Gasteiger partial charge on any atom is 0.345 e. The van der Waals surface area contributed by atoms with Gasteiger partial charge in [0, 0.05) is 6.07 Å². The Morgan fingerprint density at radius 2 is 2.08 bits per heavy atom. The third-order valence-corrected chi connectivity index (χ3v) is 3.26. The fraction of sp³-hybridized carbons (Fsp3) is 0.529. The van der Waals surface area contributed by atoms with Crippen LogP contribution in [-0.2, 0) is 9.53 Å². The number of aliphatic imine (C=N–C) groups is 1. The predicted molar refractivity (Wildman–Crippen MR) is 88.7 cm³/mol. The summed E-state index contributed by atoms with van der Waals surface area (Å²) in [5.41, 5.74) is -0.729. The van der Waals surface area contributed by atoms with Gasteiger partial charge < -0.3 is 4.74 Å². The molecule has 0 bridgehead atoms. The summed E-state index contributed by atoms with van der Waals surface area (Å²) < 4.78 is 5.20. The summed E-state index contributed by atoms with van der Waals surface area (Å²) in [6.45, 7) is 7.05. The number of nitro groups is 1. The Morgan fingerprint density at radius 1 is 1.42 bits per heavy atom. The molecule has 0 saturated carbocycles. The van der Waals surface area contributed by atoms with E-state index in [1.165, 1.54) is 18.2 Å². The molecular weight excluding hydrogens is 312 g/mol. The third kappa shape index (κ3) is 5.59. The fourth-order valence-corrected chi connectivity index (χ4v) is 2.18. The van der Waals surface area contributed by atoms with Crippen LogP contribution in [0.25, 0.3) is 0 Å². The summed E-state index contributed by atoms with van der Waals surface area (Å²) in [6, 6.07) is 3.68. The quantitative estimate of drug-likeness (QED) is 0.245. The van der Waals surface area contributed by atoms with Gasteiger partial charge in [0.2, 0.25) is 6.08 Å². The second-order valence-corrected chi connectivity index (χ2v) is 6.41. The molecule has 1 rings (SSSR count). The zero-order chi connectivity index (χ0) is 18.3. The van der Waals surface area contributed by atoms with Gasteiger partial charge in [-0.25, -0.2) is 9.59 Å². The number of hydrogen-bond donors (Lipinski definition) is 0. The highest BCUT2D eigenvalue weighted by molar-refractivity contribution is 5.94. The number of benzene rings is 1. The van der Waals surface area contributed by atoms with E-state index in [-0.39, 0.29) is 11.3 Å². The molecule has 0 spiro atoms. The molecule has 0 aliphatic heterocycles. The average Bonchev–Trinajstić information content (AvgIpc) is 2.49. The minimum atomic E-state index is -0.759. The van der Waals surface area contributed by atoms with Crippen molar-refractivity contribution >= 4 is 17.7 Å².